The predicted molar refractivity (Wildman–Crippen MR) is 68.7 cm³/mol. The van der Waals surface area contributed by atoms with Crippen LogP contribution in [-0.2, 0) is 17.8 Å². The minimum atomic E-state index is -0.593. The van der Waals surface area contributed by atoms with Crippen molar-refractivity contribution in [2.45, 2.75) is 19.4 Å². The topological polar surface area (TPSA) is 78.0 Å². The number of carbonyl (C=O) groups is 1. The zero-order chi connectivity index (χ0) is 13.7. The van der Waals surface area contributed by atoms with E-state index in [1.807, 2.05) is 30.3 Å². The van der Waals surface area contributed by atoms with Crippen LogP contribution in [0.4, 0.5) is 5.95 Å². The first-order valence-electron chi connectivity index (χ1n) is 5.88. The molecule has 2 aromatic rings. The highest BCUT2D eigenvalue weighted by Gasteiger charge is 2.16. The van der Waals surface area contributed by atoms with Crippen LogP contribution >= 0.6 is 0 Å². The quantitative estimate of drug-likeness (QED) is 0.587. The Hall–Kier alpha value is -2.50. The van der Waals surface area contributed by atoms with Crippen molar-refractivity contribution in [1.82, 2.24) is 9.55 Å². The Kier molecular flexibility index (Phi) is 4.02. The van der Waals surface area contributed by atoms with Crippen molar-refractivity contribution in [3.8, 4) is 0 Å². The van der Waals surface area contributed by atoms with Crippen molar-refractivity contribution in [3.05, 3.63) is 58.4 Å². The summed E-state index contributed by atoms with van der Waals surface area (Å²) in [5.74, 6) is -0.349. The molecule has 0 unspecified atom stereocenters. The number of hydrogen-bond donors (Lipinski definition) is 0. The number of nitrogens with zero attached hydrogens (tertiary/aromatic N) is 3. The second-order valence-corrected chi connectivity index (χ2v) is 4.14. The molecular weight excluding hydrogens is 246 g/mol. The van der Waals surface area contributed by atoms with Gasteiger partial charge in [0.2, 0.25) is 0 Å². The van der Waals surface area contributed by atoms with Gasteiger partial charge in [-0.25, -0.2) is 4.57 Å². The summed E-state index contributed by atoms with van der Waals surface area (Å²) >= 11 is 0. The zero-order valence-electron chi connectivity index (χ0n) is 10.2. The number of aryl methyl sites for hydroxylation is 1. The van der Waals surface area contributed by atoms with Gasteiger partial charge < -0.3 is 10.1 Å². The summed E-state index contributed by atoms with van der Waals surface area (Å²) in [5, 5.41) is 10.7. The molecule has 1 aromatic heterocycles. The van der Waals surface area contributed by atoms with Crippen LogP contribution in [0, 0.1) is 10.1 Å². The molecule has 0 N–H and O–H groups in total. The van der Waals surface area contributed by atoms with Crippen molar-refractivity contribution in [2.24, 2.45) is 0 Å². The van der Waals surface area contributed by atoms with Crippen molar-refractivity contribution in [2.75, 3.05) is 0 Å². The SMILES string of the molecule is O=C(CCc1ccccc1)Cn1ccnc1[N+](=O)[O-]. The van der Waals surface area contributed by atoms with Crippen LogP contribution in [0.5, 0.6) is 0 Å². The molecule has 1 heterocycles. The van der Waals surface area contributed by atoms with Gasteiger partial charge in [0.25, 0.3) is 0 Å². The lowest BCUT2D eigenvalue weighted by Crippen LogP contribution is -2.12. The van der Waals surface area contributed by atoms with E-state index in [4.69, 9.17) is 0 Å². The lowest BCUT2D eigenvalue weighted by Gasteiger charge is -2.02. The highest BCUT2D eigenvalue weighted by atomic mass is 16.6. The fraction of sp³-hybridized carbons (Fsp3) is 0.231. The third-order valence-corrected chi connectivity index (χ3v) is 2.74. The molecule has 0 aliphatic rings. The minimum Gasteiger partial charge on any atom is -0.390 e. The first-order chi connectivity index (χ1) is 9.16. The van der Waals surface area contributed by atoms with Gasteiger partial charge in [-0.1, -0.05) is 35.3 Å². The van der Waals surface area contributed by atoms with Crippen molar-refractivity contribution < 1.29 is 9.72 Å². The van der Waals surface area contributed by atoms with Crippen LogP contribution in [0.3, 0.4) is 0 Å². The van der Waals surface area contributed by atoms with Gasteiger partial charge in [0.05, 0.1) is 0 Å². The van der Waals surface area contributed by atoms with Gasteiger partial charge >= 0.3 is 5.95 Å². The molecule has 98 valence electrons. The van der Waals surface area contributed by atoms with Crippen molar-refractivity contribution in [3.63, 3.8) is 0 Å². The van der Waals surface area contributed by atoms with E-state index in [-0.39, 0.29) is 18.3 Å². The zero-order valence-corrected chi connectivity index (χ0v) is 10.2. The maximum Gasteiger partial charge on any atom is 0.434 e. The lowest BCUT2D eigenvalue weighted by molar-refractivity contribution is -0.396. The first-order valence-corrected chi connectivity index (χ1v) is 5.88. The summed E-state index contributed by atoms with van der Waals surface area (Å²) in [5.41, 5.74) is 1.08. The predicted octanol–water partition coefficient (Wildman–Crippen LogP) is 1.99. The Bertz CT molecular complexity index is 578. The molecule has 6 nitrogen and oxygen atoms in total. The Labute approximate surface area is 109 Å². The molecule has 0 atom stereocenters. The second kappa shape index (κ2) is 5.90. The average molecular weight is 259 g/mol. The molecule has 0 fully saturated rings. The Balaban J connectivity index is 1.91. The maximum atomic E-state index is 11.8. The van der Waals surface area contributed by atoms with Crippen molar-refractivity contribution in [1.29, 1.82) is 0 Å². The number of rotatable bonds is 6. The molecule has 6 heteroatoms. The summed E-state index contributed by atoms with van der Waals surface area (Å²) in [6.45, 7) is -0.0108. The number of ketones is 1. The van der Waals surface area contributed by atoms with Gasteiger partial charge in [0, 0.05) is 6.42 Å². The highest BCUT2D eigenvalue weighted by Crippen LogP contribution is 2.09. The third-order valence-electron chi connectivity index (χ3n) is 2.74. The summed E-state index contributed by atoms with van der Waals surface area (Å²) in [6, 6.07) is 9.65. The van der Waals surface area contributed by atoms with Gasteiger partial charge in [-0.3, -0.25) is 4.79 Å². The van der Waals surface area contributed by atoms with Gasteiger partial charge in [-0.2, -0.15) is 0 Å². The molecule has 0 aliphatic carbocycles. The lowest BCUT2D eigenvalue weighted by atomic mass is 10.1. The van der Waals surface area contributed by atoms with Gasteiger partial charge in [0.1, 0.15) is 18.9 Å². The molecule has 1 aromatic carbocycles. The van der Waals surface area contributed by atoms with Gasteiger partial charge in [-0.15, -0.1) is 0 Å². The van der Waals surface area contributed by atoms with Crippen LogP contribution in [0.2, 0.25) is 0 Å². The highest BCUT2D eigenvalue weighted by molar-refractivity contribution is 5.78. The smallest absolute Gasteiger partial charge is 0.390 e. The number of aromatic nitrogens is 2. The maximum absolute atomic E-state index is 11.8. The number of nitro groups is 1. The summed E-state index contributed by atoms with van der Waals surface area (Å²) < 4.78 is 1.26. The van der Waals surface area contributed by atoms with E-state index < -0.39 is 4.92 Å². The van der Waals surface area contributed by atoms with E-state index in [1.165, 1.54) is 17.0 Å². The molecule has 0 amide bonds. The van der Waals surface area contributed by atoms with E-state index in [9.17, 15) is 14.9 Å². The molecule has 0 spiro atoms. The van der Waals surface area contributed by atoms with Crippen LogP contribution < -0.4 is 0 Å². The second-order valence-electron chi connectivity index (χ2n) is 4.14. The number of benzene rings is 1. The average Bonchev–Trinajstić information content (AvgIpc) is 2.86. The van der Waals surface area contributed by atoms with E-state index in [0.29, 0.717) is 12.8 Å². The molecule has 2 rings (SSSR count). The van der Waals surface area contributed by atoms with E-state index in [2.05, 4.69) is 4.98 Å². The van der Waals surface area contributed by atoms with Crippen LogP contribution in [-0.4, -0.2) is 20.3 Å². The fourth-order valence-electron chi connectivity index (χ4n) is 1.79. The number of Topliss-reactive ketones (excluding diaryl/α,β-unsaturated/α-hetero) is 1. The fourth-order valence-corrected chi connectivity index (χ4v) is 1.79. The standard InChI is InChI=1S/C13H13N3O3/c17-12(7-6-11-4-2-1-3-5-11)10-15-9-8-14-13(15)16(18)19/h1-5,8-9H,6-7,10H2. The summed E-state index contributed by atoms with van der Waals surface area (Å²) in [4.78, 5) is 25.4. The molecule has 0 saturated carbocycles. The molecule has 0 radical (unpaired) electrons. The summed E-state index contributed by atoms with van der Waals surface area (Å²) in [6.07, 6.45) is 3.77. The van der Waals surface area contributed by atoms with E-state index in [0.717, 1.165) is 5.56 Å². The van der Waals surface area contributed by atoms with E-state index in [1.54, 1.807) is 0 Å². The van der Waals surface area contributed by atoms with Crippen LogP contribution in [0.25, 0.3) is 0 Å². The van der Waals surface area contributed by atoms with E-state index >= 15 is 0 Å². The van der Waals surface area contributed by atoms with Gasteiger partial charge in [-0.05, 0) is 16.9 Å². The minimum absolute atomic E-state index is 0.0108. The number of imidazole rings is 1. The molecule has 0 saturated heterocycles. The van der Waals surface area contributed by atoms with Crippen LogP contribution in [0.1, 0.15) is 12.0 Å². The Morgan fingerprint density at radius 2 is 2.05 bits per heavy atom. The third kappa shape index (κ3) is 3.48. The monoisotopic (exact) mass is 259 g/mol. The normalized spacial score (nSPS) is 10.3. The van der Waals surface area contributed by atoms with Crippen molar-refractivity contribution >= 4 is 11.7 Å². The number of carbonyl (C=O) groups excluding carboxylic acids is 1. The molecule has 0 bridgehead atoms. The van der Waals surface area contributed by atoms with Gasteiger partial charge in [0.15, 0.2) is 5.78 Å². The number of hydrogen-bond acceptors (Lipinski definition) is 4. The summed E-state index contributed by atoms with van der Waals surface area (Å²) in [7, 11) is 0. The Morgan fingerprint density at radius 3 is 2.74 bits per heavy atom. The largest absolute Gasteiger partial charge is 0.434 e. The van der Waals surface area contributed by atoms with Crippen LogP contribution in [0.15, 0.2) is 42.7 Å². The molecule has 19 heavy (non-hydrogen) atoms. The Morgan fingerprint density at radius 1 is 1.32 bits per heavy atom. The first kappa shape index (κ1) is 12.9. The molecular formula is C13H13N3O3. The molecule has 0 aliphatic heterocycles.